The van der Waals surface area contributed by atoms with Crippen LogP contribution >= 0.6 is 43.6 Å². The molecule has 2 nitrogen and oxygen atoms in total. The number of rotatable bonds is 7. The molecule has 5 heteroatoms. The van der Waals surface area contributed by atoms with Gasteiger partial charge in [-0.2, -0.15) is 0 Å². The standard InChI is InChI=1S/C16H17Br2NOS/c1-19-11-12-9-14(17)16(15(18)10-12)20-7-8-21-13-5-3-2-4-6-13/h2-6,9-10,19H,7-8,11H2,1H3. The second-order valence-corrected chi connectivity index (χ2v) is 7.31. The minimum absolute atomic E-state index is 0.669. The van der Waals surface area contributed by atoms with E-state index in [1.54, 1.807) is 11.8 Å². The van der Waals surface area contributed by atoms with E-state index in [1.165, 1.54) is 10.5 Å². The largest absolute Gasteiger partial charge is 0.490 e. The van der Waals surface area contributed by atoms with Gasteiger partial charge < -0.3 is 10.1 Å². The van der Waals surface area contributed by atoms with Crippen molar-refractivity contribution in [3.8, 4) is 5.75 Å². The average molecular weight is 431 g/mol. The van der Waals surface area contributed by atoms with Gasteiger partial charge in [0.2, 0.25) is 0 Å². The van der Waals surface area contributed by atoms with E-state index < -0.39 is 0 Å². The van der Waals surface area contributed by atoms with Gasteiger partial charge in [0.25, 0.3) is 0 Å². The molecule has 0 aliphatic carbocycles. The fourth-order valence-corrected chi connectivity index (χ4v) is 4.14. The summed E-state index contributed by atoms with van der Waals surface area (Å²) >= 11 is 8.95. The number of halogens is 2. The Morgan fingerprint density at radius 2 is 1.76 bits per heavy atom. The van der Waals surface area contributed by atoms with Crippen LogP contribution < -0.4 is 10.1 Å². The van der Waals surface area contributed by atoms with Crippen molar-refractivity contribution in [2.75, 3.05) is 19.4 Å². The van der Waals surface area contributed by atoms with Crippen molar-refractivity contribution in [1.29, 1.82) is 0 Å². The first-order valence-corrected chi connectivity index (χ1v) is 9.21. The Hall–Kier alpha value is -0.490. The number of hydrogen-bond acceptors (Lipinski definition) is 3. The van der Waals surface area contributed by atoms with Gasteiger partial charge in [-0.15, -0.1) is 11.8 Å². The summed E-state index contributed by atoms with van der Waals surface area (Å²) in [6.07, 6.45) is 0. The summed E-state index contributed by atoms with van der Waals surface area (Å²) in [5, 5.41) is 3.14. The van der Waals surface area contributed by atoms with Crippen LogP contribution in [0, 0.1) is 0 Å². The minimum Gasteiger partial charge on any atom is -0.490 e. The average Bonchev–Trinajstić information content (AvgIpc) is 2.47. The Kier molecular flexibility index (Phi) is 7.10. The Labute approximate surface area is 146 Å². The van der Waals surface area contributed by atoms with Gasteiger partial charge in [-0.3, -0.25) is 0 Å². The van der Waals surface area contributed by atoms with Crippen LogP contribution in [0.5, 0.6) is 5.75 Å². The smallest absolute Gasteiger partial charge is 0.147 e. The molecule has 0 amide bonds. The normalized spacial score (nSPS) is 10.6. The molecule has 2 aromatic rings. The zero-order valence-corrected chi connectivity index (χ0v) is 15.7. The summed E-state index contributed by atoms with van der Waals surface area (Å²) in [6, 6.07) is 14.5. The third kappa shape index (κ3) is 5.33. The predicted octanol–water partition coefficient (Wildman–Crippen LogP) is 5.10. The lowest BCUT2D eigenvalue weighted by atomic mass is 10.2. The zero-order valence-electron chi connectivity index (χ0n) is 11.7. The maximum Gasteiger partial charge on any atom is 0.147 e. The van der Waals surface area contributed by atoms with Crippen LogP contribution in [0.15, 0.2) is 56.3 Å². The van der Waals surface area contributed by atoms with Gasteiger partial charge in [0, 0.05) is 17.2 Å². The molecule has 21 heavy (non-hydrogen) atoms. The predicted molar refractivity (Wildman–Crippen MR) is 97.3 cm³/mol. The molecule has 0 unspecified atom stereocenters. The lowest BCUT2D eigenvalue weighted by Gasteiger charge is -2.12. The molecule has 0 radical (unpaired) electrons. The molecule has 0 saturated heterocycles. The maximum absolute atomic E-state index is 5.89. The van der Waals surface area contributed by atoms with E-state index in [0.717, 1.165) is 27.0 Å². The first-order valence-electron chi connectivity index (χ1n) is 6.64. The summed E-state index contributed by atoms with van der Waals surface area (Å²) in [7, 11) is 1.94. The lowest BCUT2D eigenvalue weighted by molar-refractivity contribution is 0.339. The highest BCUT2D eigenvalue weighted by Crippen LogP contribution is 2.35. The molecule has 0 bridgehead atoms. The SMILES string of the molecule is CNCc1cc(Br)c(OCCSc2ccccc2)c(Br)c1. The molecule has 0 aliphatic rings. The molecular weight excluding hydrogens is 414 g/mol. The molecule has 2 aromatic carbocycles. The van der Waals surface area contributed by atoms with Crippen molar-refractivity contribution in [3.63, 3.8) is 0 Å². The fraction of sp³-hybridized carbons (Fsp3) is 0.250. The van der Waals surface area contributed by atoms with Crippen molar-refractivity contribution >= 4 is 43.6 Å². The number of nitrogens with one attached hydrogen (secondary N) is 1. The van der Waals surface area contributed by atoms with Gasteiger partial charge in [-0.25, -0.2) is 0 Å². The number of thioether (sulfide) groups is 1. The second kappa shape index (κ2) is 8.83. The maximum atomic E-state index is 5.89. The van der Waals surface area contributed by atoms with E-state index in [9.17, 15) is 0 Å². The van der Waals surface area contributed by atoms with Gasteiger partial charge in [0.1, 0.15) is 5.75 Å². The molecule has 0 saturated carbocycles. The minimum atomic E-state index is 0.669. The highest BCUT2D eigenvalue weighted by atomic mass is 79.9. The van der Waals surface area contributed by atoms with E-state index in [0.29, 0.717) is 6.61 Å². The summed E-state index contributed by atoms with van der Waals surface area (Å²) in [5.41, 5.74) is 1.21. The molecule has 1 N–H and O–H groups in total. The molecule has 0 aromatic heterocycles. The van der Waals surface area contributed by atoms with E-state index >= 15 is 0 Å². The Bertz CT molecular complexity index is 555. The molecule has 112 valence electrons. The van der Waals surface area contributed by atoms with E-state index in [1.807, 2.05) is 13.1 Å². The molecule has 0 atom stereocenters. The summed E-state index contributed by atoms with van der Waals surface area (Å²) < 4.78 is 7.84. The van der Waals surface area contributed by atoms with Crippen molar-refractivity contribution in [2.45, 2.75) is 11.4 Å². The van der Waals surface area contributed by atoms with Crippen LogP contribution in [-0.4, -0.2) is 19.4 Å². The third-order valence-electron chi connectivity index (χ3n) is 2.78. The quantitative estimate of drug-likeness (QED) is 0.487. The van der Waals surface area contributed by atoms with Gasteiger partial charge in [0.15, 0.2) is 0 Å². The van der Waals surface area contributed by atoms with E-state index in [2.05, 4.69) is 73.6 Å². The van der Waals surface area contributed by atoms with Crippen LogP contribution in [0.25, 0.3) is 0 Å². The van der Waals surface area contributed by atoms with Crippen molar-refractivity contribution in [2.24, 2.45) is 0 Å². The first kappa shape index (κ1) is 16.9. The molecule has 0 spiro atoms. The van der Waals surface area contributed by atoms with Crippen LogP contribution in [0.3, 0.4) is 0 Å². The van der Waals surface area contributed by atoms with Crippen LogP contribution in [0.2, 0.25) is 0 Å². The molecule has 0 fully saturated rings. The van der Waals surface area contributed by atoms with Crippen LogP contribution in [-0.2, 0) is 6.54 Å². The number of hydrogen-bond donors (Lipinski definition) is 1. The summed E-state index contributed by atoms with van der Waals surface area (Å²) in [5.74, 6) is 1.78. The third-order valence-corrected chi connectivity index (χ3v) is 4.94. The van der Waals surface area contributed by atoms with Gasteiger partial charge >= 0.3 is 0 Å². The second-order valence-electron chi connectivity index (χ2n) is 4.43. The van der Waals surface area contributed by atoms with Crippen LogP contribution in [0.1, 0.15) is 5.56 Å². The molecular formula is C16H17Br2NOS. The zero-order chi connectivity index (χ0) is 15.1. The summed E-state index contributed by atoms with van der Waals surface area (Å²) in [4.78, 5) is 1.27. The number of benzene rings is 2. The fourth-order valence-electron chi connectivity index (χ4n) is 1.88. The Morgan fingerprint density at radius 3 is 2.38 bits per heavy atom. The monoisotopic (exact) mass is 429 g/mol. The van der Waals surface area contributed by atoms with Gasteiger partial charge in [-0.05, 0) is 68.7 Å². The van der Waals surface area contributed by atoms with Crippen LogP contribution in [0.4, 0.5) is 0 Å². The van der Waals surface area contributed by atoms with Crippen molar-refractivity contribution in [1.82, 2.24) is 5.32 Å². The van der Waals surface area contributed by atoms with Gasteiger partial charge in [0.05, 0.1) is 15.6 Å². The Morgan fingerprint density at radius 1 is 1.10 bits per heavy atom. The highest BCUT2D eigenvalue weighted by Gasteiger charge is 2.08. The molecule has 0 heterocycles. The topological polar surface area (TPSA) is 21.3 Å². The number of ether oxygens (including phenoxy) is 1. The molecule has 2 rings (SSSR count). The lowest BCUT2D eigenvalue weighted by Crippen LogP contribution is -2.06. The molecule has 0 aliphatic heterocycles. The highest BCUT2D eigenvalue weighted by molar-refractivity contribution is 9.11. The first-order chi connectivity index (χ1) is 10.2. The summed E-state index contributed by atoms with van der Waals surface area (Å²) in [6.45, 7) is 1.50. The van der Waals surface area contributed by atoms with Gasteiger partial charge in [-0.1, -0.05) is 18.2 Å². The Balaban J connectivity index is 1.88. The van der Waals surface area contributed by atoms with E-state index in [4.69, 9.17) is 4.74 Å². The van der Waals surface area contributed by atoms with E-state index in [-0.39, 0.29) is 0 Å². The van der Waals surface area contributed by atoms with Crippen molar-refractivity contribution < 1.29 is 4.74 Å². The van der Waals surface area contributed by atoms with Crippen molar-refractivity contribution in [3.05, 3.63) is 57.0 Å².